The van der Waals surface area contributed by atoms with Gasteiger partial charge >= 0.3 is 0 Å². The third kappa shape index (κ3) is 5.59. The van der Waals surface area contributed by atoms with E-state index in [0.717, 1.165) is 49.8 Å². The van der Waals surface area contributed by atoms with Crippen molar-refractivity contribution >= 4 is 11.8 Å². The molecule has 196 valence electrons. The summed E-state index contributed by atoms with van der Waals surface area (Å²) in [4.78, 5) is 29.1. The number of carbonyl (C=O) groups excluding carboxylic acids is 2. The van der Waals surface area contributed by atoms with E-state index in [-0.39, 0.29) is 24.4 Å². The molecular weight excluding hydrogens is 456 g/mol. The molecule has 1 aliphatic carbocycles. The van der Waals surface area contributed by atoms with Crippen molar-refractivity contribution in [1.29, 1.82) is 0 Å². The number of ether oxygens (including phenoxy) is 2. The fraction of sp³-hybridized carbons (Fsp3) is 0.607. The van der Waals surface area contributed by atoms with E-state index in [1.54, 1.807) is 16.7 Å². The van der Waals surface area contributed by atoms with Gasteiger partial charge in [-0.1, -0.05) is 51.2 Å². The van der Waals surface area contributed by atoms with Gasteiger partial charge in [0.1, 0.15) is 17.0 Å². The number of benzene rings is 1. The van der Waals surface area contributed by atoms with Crippen LogP contribution in [-0.4, -0.2) is 64.9 Å². The summed E-state index contributed by atoms with van der Waals surface area (Å²) >= 11 is 0. The van der Waals surface area contributed by atoms with E-state index in [1.807, 2.05) is 37.3 Å². The van der Waals surface area contributed by atoms with Crippen molar-refractivity contribution in [2.24, 2.45) is 0 Å². The molecule has 0 saturated heterocycles. The van der Waals surface area contributed by atoms with Crippen molar-refractivity contribution in [2.45, 2.75) is 83.3 Å². The van der Waals surface area contributed by atoms with Gasteiger partial charge in [0.25, 0.3) is 5.91 Å². The van der Waals surface area contributed by atoms with E-state index >= 15 is 0 Å². The molecular formula is C28H40N4O4. The molecule has 1 fully saturated rings. The van der Waals surface area contributed by atoms with Gasteiger partial charge in [-0.15, -0.1) is 0 Å². The highest BCUT2D eigenvalue weighted by Crippen LogP contribution is 2.34. The van der Waals surface area contributed by atoms with E-state index in [1.165, 1.54) is 12.8 Å². The molecule has 1 saturated carbocycles. The second-order valence-corrected chi connectivity index (χ2v) is 10.2. The first-order chi connectivity index (χ1) is 17.5. The largest absolute Gasteiger partial charge is 0.493 e. The van der Waals surface area contributed by atoms with Crippen LogP contribution in [0.2, 0.25) is 0 Å². The van der Waals surface area contributed by atoms with E-state index in [0.29, 0.717) is 31.1 Å². The van der Waals surface area contributed by atoms with Gasteiger partial charge < -0.3 is 19.7 Å². The summed E-state index contributed by atoms with van der Waals surface area (Å²) in [6.45, 7) is 5.58. The Bertz CT molecular complexity index is 1040. The van der Waals surface area contributed by atoms with Crippen LogP contribution >= 0.6 is 0 Å². The third-order valence-corrected chi connectivity index (χ3v) is 7.41. The monoisotopic (exact) mass is 496 g/mol. The maximum absolute atomic E-state index is 13.7. The zero-order chi connectivity index (χ0) is 25.5. The Morgan fingerprint density at radius 2 is 1.92 bits per heavy atom. The molecule has 36 heavy (non-hydrogen) atoms. The van der Waals surface area contributed by atoms with Crippen LogP contribution in [-0.2, 0) is 16.1 Å². The van der Waals surface area contributed by atoms with Gasteiger partial charge in [-0.05, 0) is 44.4 Å². The molecule has 1 aliphatic heterocycles. The number of aromatic nitrogens is 2. The first-order valence-electron chi connectivity index (χ1n) is 13.4. The van der Waals surface area contributed by atoms with Gasteiger partial charge in [0, 0.05) is 25.3 Å². The number of nitrogens with zero attached hydrogens (tertiary/aromatic N) is 3. The Morgan fingerprint density at radius 1 is 1.17 bits per heavy atom. The number of amides is 2. The van der Waals surface area contributed by atoms with Gasteiger partial charge in [-0.25, -0.2) is 0 Å². The SMILES string of the molecule is CCCCOc1ccccc1-c1cc2n(n1)CC(C)(C(=O)NC1CCCCCC1)N(CCOC)C2=O. The molecule has 2 aliphatic rings. The molecule has 0 spiro atoms. The molecule has 4 rings (SSSR count). The van der Waals surface area contributed by atoms with E-state index < -0.39 is 5.54 Å². The summed E-state index contributed by atoms with van der Waals surface area (Å²) in [7, 11) is 1.61. The minimum Gasteiger partial charge on any atom is -0.493 e. The van der Waals surface area contributed by atoms with Crippen molar-refractivity contribution in [3.8, 4) is 17.0 Å². The lowest BCUT2D eigenvalue weighted by molar-refractivity contribution is -0.134. The highest BCUT2D eigenvalue weighted by Gasteiger charge is 2.48. The molecule has 1 unspecified atom stereocenters. The molecule has 1 aromatic carbocycles. The summed E-state index contributed by atoms with van der Waals surface area (Å²) < 4.78 is 13.0. The van der Waals surface area contributed by atoms with Gasteiger partial charge in [0.05, 0.1) is 25.5 Å². The lowest BCUT2D eigenvalue weighted by Crippen LogP contribution is -2.65. The minimum absolute atomic E-state index is 0.121. The Kier molecular flexibility index (Phi) is 8.67. The molecule has 0 bridgehead atoms. The molecule has 1 aromatic heterocycles. The average molecular weight is 497 g/mol. The molecule has 2 aromatic rings. The first-order valence-corrected chi connectivity index (χ1v) is 13.4. The Morgan fingerprint density at radius 3 is 2.64 bits per heavy atom. The van der Waals surface area contributed by atoms with Crippen molar-refractivity contribution < 1.29 is 19.1 Å². The van der Waals surface area contributed by atoms with Crippen molar-refractivity contribution in [3.05, 3.63) is 36.0 Å². The van der Waals surface area contributed by atoms with E-state index in [9.17, 15) is 9.59 Å². The van der Waals surface area contributed by atoms with Crippen LogP contribution in [0.15, 0.2) is 30.3 Å². The van der Waals surface area contributed by atoms with Crippen LogP contribution in [0.4, 0.5) is 0 Å². The lowest BCUT2D eigenvalue weighted by Gasteiger charge is -2.43. The summed E-state index contributed by atoms with van der Waals surface area (Å²) in [6, 6.07) is 9.73. The molecule has 0 radical (unpaired) electrons. The van der Waals surface area contributed by atoms with E-state index in [2.05, 4.69) is 12.2 Å². The second kappa shape index (κ2) is 11.9. The summed E-state index contributed by atoms with van der Waals surface area (Å²) in [5.74, 6) is 0.420. The number of carbonyl (C=O) groups is 2. The highest BCUT2D eigenvalue weighted by atomic mass is 16.5. The van der Waals surface area contributed by atoms with Crippen LogP contribution in [0.25, 0.3) is 11.3 Å². The Labute approximate surface area is 214 Å². The zero-order valence-electron chi connectivity index (χ0n) is 21.9. The topological polar surface area (TPSA) is 85.7 Å². The maximum atomic E-state index is 13.7. The quantitative estimate of drug-likeness (QED) is 0.389. The number of hydrogen-bond acceptors (Lipinski definition) is 5. The summed E-state index contributed by atoms with van der Waals surface area (Å²) in [5.41, 5.74) is 0.932. The number of nitrogens with one attached hydrogen (secondary N) is 1. The summed E-state index contributed by atoms with van der Waals surface area (Å²) in [5, 5.41) is 8.06. The Hall–Kier alpha value is -2.87. The fourth-order valence-corrected chi connectivity index (χ4v) is 5.20. The maximum Gasteiger partial charge on any atom is 0.273 e. The predicted octanol–water partition coefficient (Wildman–Crippen LogP) is 4.43. The number of hydrogen-bond donors (Lipinski definition) is 1. The molecule has 1 N–H and O–H groups in total. The van der Waals surface area contributed by atoms with Crippen LogP contribution in [0, 0.1) is 0 Å². The van der Waals surface area contributed by atoms with Crippen LogP contribution in [0.5, 0.6) is 5.75 Å². The predicted molar refractivity (Wildman–Crippen MR) is 139 cm³/mol. The fourth-order valence-electron chi connectivity index (χ4n) is 5.20. The molecule has 1 atom stereocenters. The first kappa shape index (κ1) is 26.2. The minimum atomic E-state index is -1.06. The van der Waals surface area contributed by atoms with Gasteiger partial charge in [0.2, 0.25) is 5.91 Å². The van der Waals surface area contributed by atoms with Gasteiger partial charge in [0.15, 0.2) is 0 Å². The lowest BCUT2D eigenvalue weighted by atomic mass is 9.94. The van der Waals surface area contributed by atoms with Crippen molar-refractivity contribution in [3.63, 3.8) is 0 Å². The second-order valence-electron chi connectivity index (χ2n) is 10.2. The molecule has 8 heteroatoms. The smallest absolute Gasteiger partial charge is 0.273 e. The summed E-state index contributed by atoms with van der Waals surface area (Å²) in [6.07, 6.45) is 8.67. The van der Waals surface area contributed by atoms with Crippen LogP contribution in [0.3, 0.4) is 0 Å². The van der Waals surface area contributed by atoms with Crippen LogP contribution < -0.4 is 10.1 Å². The van der Waals surface area contributed by atoms with Crippen LogP contribution in [0.1, 0.15) is 75.7 Å². The average Bonchev–Trinajstić information content (AvgIpc) is 3.12. The highest BCUT2D eigenvalue weighted by molar-refractivity contribution is 6.00. The number of unbranched alkanes of at least 4 members (excludes halogenated alkanes) is 1. The van der Waals surface area contributed by atoms with Gasteiger partial charge in [-0.3, -0.25) is 14.3 Å². The molecule has 2 amide bonds. The number of rotatable bonds is 10. The normalized spacial score (nSPS) is 20.6. The van der Waals surface area contributed by atoms with E-state index in [4.69, 9.17) is 14.6 Å². The third-order valence-electron chi connectivity index (χ3n) is 7.41. The van der Waals surface area contributed by atoms with Crippen molar-refractivity contribution in [2.75, 3.05) is 26.9 Å². The standard InChI is InChI=1S/C28H40N4O4/c1-4-5-17-36-25-15-11-10-14-22(25)23-19-24-26(33)31(16-18-35-3)28(2,20-32(24)30-23)27(34)29-21-12-8-6-7-9-13-21/h10-11,14-15,19,21H,4-9,12-13,16-18,20H2,1-3H3,(H,29,34). The number of methoxy groups -OCH3 is 1. The number of para-hydroxylation sites is 1. The Balaban J connectivity index is 1.63. The number of fused-ring (bicyclic) bond motifs is 1. The van der Waals surface area contributed by atoms with Gasteiger partial charge in [-0.2, -0.15) is 5.10 Å². The zero-order valence-corrected chi connectivity index (χ0v) is 21.9. The molecule has 2 heterocycles. The van der Waals surface area contributed by atoms with Crippen molar-refractivity contribution in [1.82, 2.24) is 20.0 Å². The molecule has 8 nitrogen and oxygen atoms in total.